The van der Waals surface area contributed by atoms with E-state index in [2.05, 4.69) is 58.5 Å². The van der Waals surface area contributed by atoms with Gasteiger partial charge in [0.15, 0.2) is 5.43 Å². The van der Waals surface area contributed by atoms with Crippen LogP contribution >= 0.6 is 0 Å². The second-order valence-electron chi connectivity index (χ2n) is 7.66. The van der Waals surface area contributed by atoms with Gasteiger partial charge in [0, 0.05) is 44.8 Å². The van der Waals surface area contributed by atoms with Crippen molar-refractivity contribution in [2.24, 2.45) is 0 Å². The van der Waals surface area contributed by atoms with E-state index in [1.807, 2.05) is 48.5 Å². The zero-order valence-corrected chi connectivity index (χ0v) is 16.7. The molecule has 6 aromatic rings. The summed E-state index contributed by atoms with van der Waals surface area (Å²) in [6.45, 7) is 3.11. The van der Waals surface area contributed by atoms with E-state index in [0.717, 1.165) is 34.0 Å². The molecule has 3 heteroatoms. The normalized spacial score (nSPS) is 11.8. The second kappa shape index (κ2) is 6.33. The predicted molar refractivity (Wildman–Crippen MR) is 126 cm³/mol. The first kappa shape index (κ1) is 17.0. The fraction of sp³-hybridized carbons (Fsp3) is 0.0741. The predicted octanol–water partition coefficient (Wildman–Crippen LogP) is 6.27. The molecule has 0 saturated heterocycles. The van der Waals surface area contributed by atoms with E-state index in [9.17, 15) is 4.79 Å². The Hall–Kier alpha value is -3.85. The Labute approximate surface area is 173 Å². The number of rotatable bonds is 2. The highest BCUT2D eigenvalue weighted by Crippen LogP contribution is 2.32. The summed E-state index contributed by atoms with van der Waals surface area (Å²) < 4.78 is 4.57. The molecule has 3 nitrogen and oxygen atoms in total. The Morgan fingerprint density at radius 3 is 1.77 bits per heavy atom. The standard InChI is InChI=1S/C27H20N2O/c1-2-28-23-12-6-3-9-19(23)22-17-18(15-16-24(22)28)29-25-13-7-4-10-20(25)27(30)21-11-5-8-14-26(21)29/h3-17H,2H2,1H3. The fourth-order valence-corrected chi connectivity index (χ4v) is 4.80. The van der Waals surface area contributed by atoms with Gasteiger partial charge >= 0.3 is 0 Å². The largest absolute Gasteiger partial charge is 0.341 e. The number of aryl methyl sites for hydroxylation is 1. The van der Waals surface area contributed by atoms with Gasteiger partial charge in [-0.2, -0.15) is 0 Å². The number of aromatic nitrogens is 2. The summed E-state index contributed by atoms with van der Waals surface area (Å²) in [5, 5.41) is 3.97. The maximum atomic E-state index is 13.1. The minimum absolute atomic E-state index is 0.0844. The summed E-state index contributed by atoms with van der Waals surface area (Å²) in [6.07, 6.45) is 0. The van der Waals surface area contributed by atoms with Crippen molar-refractivity contribution >= 4 is 43.6 Å². The van der Waals surface area contributed by atoms with Crippen LogP contribution in [0.15, 0.2) is 95.8 Å². The first-order valence-corrected chi connectivity index (χ1v) is 10.3. The van der Waals surface area contributed by atoms with Crippen molar-refractivity contribution in [2.75, 3.05) is 0 Å². The van der Waals surface area contributed by atoms with Crippen LogP contribution in [0.2, 0.25) is 0 Å². The van der Waals surface area contributed by atoms with Gasteiger partial charge in [0.2, 0.25) is 0 Å². The highest BCUT2D eigenvalue weighted by atomic mass is 16.1. The Bertz CT molecular complexity index is 1590. The molecule has 2 aromatic heterocycles. The lowest BCUT2D eigenvalue weighted by Gasteiger charge is -2.15. The molecule has 0 spiro atoms. The SMILES string of the molecule is CCn1c2ccccc2c2cc(-n3c4ccccc4c(=O)c4ccccc43)ccc21. The van der Waals surface area contributed by atoms with Crippen molar-refractivity contribution in [2.45, 2.75) is 13.5 Å². The average Bonchev–Trinajstić information content (AvgIpc) is 3.12. The molecule has 0 atom stereocenters. The number of fused-ring (bicyclic) bond motifs is 5. The zero-order chi connectivity index (χ0) is 20.2. The van der Waals surface area contributed by atoms with Gasteiger partial charge < -0.3 is 9.13 Å². The van der Waals surface area contributed by atoms with Crippen LogP contribution < -0.4 is 5.43 Å². The van der Waals surface area contributed by atoms with E-state index >= 15 is 0 Å². The molecule has 0 radical (unpaired) electrons. The first-order chi connectivity index (χ1) is 14.8. The van der Waals surface area contributed by atoms with Crippen LogP contribution in [-0.4, -0.2) is 9.13 Å². The molecule has 0 aliphatic carbocycles. The van der Waals surface area contributed by atoms with E-state index in [1.54, 1.807) is 0 Å². The molecular formula is C27H20N2O. The van der Waals surface area contributed by atoms with Crippen LogP contribution in [0, 0.1) is 0 Å². The van der Waals surface area contributed by atoms with Crippen LogP contribution in [0.25, 0.3) is 49.3 Å². The molecule has 0 fully saturated rings. The molecule has 0 saturated carbocycles. The van der Waals surface area contributed by atoms with E-state index < -0.39 is 0 Å². The van der Waals surface area contributed by atoms with Crippen molar-refractivity contribution in [3.8, 4) is 5.69 Å². The summed E-state index contributed by atoms with van der Waals surface area (Å²) >= 11 is 0. The van der Waals surface area contributed by atoms with Gasteiger partial charge in [-0.1, -0.05) is 42.5 Å². The maximum absolute atomic E-state index is 13.1. The van der Waals surface area contributed by atoms with Crippen LogP contribution in [-0.2, 0) is 6.54 Å². The van der Waals surface area contributed by atoms with Gasteiger partial charge in [-0.05, 0) is 55.5 Å². The fourth-order valence-electron chi connectivity index (χ4n) is 4.80. The van der Waals surface area contributed by atoms with Crippen LogP contribution in [0.1, 0.15) is 6.92 Å². The molecule has 4 aromatic carbocycles. The summed E-state index contributed by atoms with van der Waals surface area (Å²) in [5.74, 6) is 0. The minimum atomic E-state index is 0.0844. The van der Waals surface area contributed by atoms with E-state index in [1.165, 1.54) is 21.8 Å². The Morgan fingerprint density at radius 2 is 1.13 bits per heavy atom. The molecule has 0 bridgehead atoms. The smallest absolute Gasteiger partial charge is 0.197 e. The molecule has 144 valence electrons. The number of benzene rings is 4. The van der Waals surface area contributed by atoms with Crippen molar-refractivity contribution < 1.29 is 0 Å². The summed E-state index contributed by atoms with van der Waals surface area (Å²) in [6, 6.07) is 30.9. The van der Waals surface area contributed by atoms with Gasteiger partial charge in [-0.3, -0.25) is 4.79 Å². The molecule has 0 aliphatic rings. The minimum Gasteiger partial charge on any atom is -0.341 e. The number of hydrogen-bond acceptors (Lipinski definition) is 1. The van der Waals surface area contributed by atoms with Gasteiger partial charge in [0.25, 0.3) is 0 Å². The lowest BCUT2D eigenvalue weighted by Crippen LogP contribution is -2.10. The van der Waals surface area contributed by atoms with E-state index in [-0.39, 0.29) is 5.43 Å². The van der Waals surface area contributed by atoms with Crippen molar-refractivity contribution in [1.82, 2.24) is 9.13 Å². The Balaban J connectivity index is 1.79. The zero-order valence-electron chi connectivity index (χ0n) is 16.7. The number of nitrogens with zero attached hydrogens (tertiary/aromatic N) is 2. The van der Waals surface area contributed by atoms with Crippen molar-refractivity contribution in [1.29, 1.82) is 0 Å². The highest BCUT2D eigenvalue weighted by molar-refractivity contribution is 6.09. The first-order valence-electron chi connectivity index (χ1n) is 10.3. The second-order valence-corrected chi connectivity index (χ2v) is 7.66. The monoisotopic (exact) mass is 388 g/mol. The van der Waals surface area contributed by atoms with Crippen molar-refractivity contribution in [3.63, 3.8) is 0 Å². The molecular weight excluding hydrogens is 368 g/mol. The van der Waals surface area contributed by atoms with E-state index in [4.69, 9.17) is 0 Å². The summed E-state index contributed by atoms with van der Waals surface area (Å²) in [5.41, 5.74) is 5.49. The molecule has 0 amide bonds. The van der Waals surface area contributed by atoms with Crippen LogP contribution in [0.4, 0.5) is 0 Å². The highest BCUT2D eigenvalue weighted by Gasteiger charge is 2.14. The van der Waals surface area contributed by atoms with Gasteiger partial charge in [0.1, 0.15) is 0 Å². The maximum Gasteiger partial charge on any atom is 0.197 e. The van der Waals surface area contributed by atoms with Crippen LogP contribution in [0.3, 0.4) is 0 Å². The topological polar surface area (TPSA) is 26.9 Å². The third-order valence-corrected chi connectivity index (χ3v) is 6.11. The molecule has 0 N–H and O–H groups in total. The molecule has 6 rings (SSSR count). The lowest BCUT2D eigenvalue weighted by molar-refractivity contribution is 0.827. The third kappa shape index (κ3) is 2.23. The Kier molecular flexibility index (Phi) is 3.59. The quantitative estimate of drug-likeness (QED) is 0.321. The molecule has 30 heavy (non-hydrogen) atoms. The molecule has 0 unspecified atom stereocenters. The third-order valence-electron chi connectivity index (χ3n) is 6.11. The summed E-state index contributed by atoms with van der Waals surface area (Å²) in [7, 11) is 0. The number of para-hydroxylation sites is 3. The van der Waals surface area contributed by atoms with Gasteiger partial charge in [-0.15, -0.1) is 0 Å². The van der Waals surface area contributed by atoms with Gasteiger partial charge in [0.05, 0.1) is 11.0 Å². The number of pyridine rings is 1. The number of hydrogen-bond donors (Lipinski definition) is 0. The van der Waals surface area contributed by atoms with E-state index in [0.29, 0.717) is 0 Å². The van der Waals surface area contributed by atoms with Crippen LogP contribution in [0.5, 0.6) is 0 Å². The summed E-state index contributed by atoms with van der Waals surface area (Å²) in [4.78, 5) is 13.1. The van der Waals surface area contributed by atoms with Gasteiger partial charge in [-0.25, -0.2) is 0 Å². The lowest BCUT2D eigenvalue weighted by atomic mass is 10.1. The van der Waals surface area contributed by atoms with Crippen molar-refractivity contribution in [3.05, 3.63) is 101 Å². The Morgan fingerprint density at radius 1 is 0.600 bits per heavy atom. The molecule has 0 aliphatic heterocycles. The molecule has 2 heterocycles. The average molecular weight is 388 g/mol.